The van der Waals surface area contributed by atoms with Crippen LogP contribution in [0.3, 0.4) is 0 Å². The van der Waals surface area contributed by atoms with Crippen molar-refractivity contribution in [2.75, 3.05) is 6.54 Å². The van der Waals surface area contributed by atoms with Gasteiger partial charge in [0, 0.05) is 28.3 Å². The highest BCUT2D eigenvalue weighted by Gasteiger charge is 2.20. The van der Waals surface area contributed by atoms with E-state index in [4.69, 9.17) is 16.6 Å². The second-order valence-electron chi connectivity index (χ2n) is 6.21. The number of aromatic nitrogens is 1. The summed E-state index contributed by atoms with van der Waals surface area (Å²) in [7, 11) is 0. The quantitative estimate of drug-likeness (QED) is 0.839. The van der Waals surface area contributed by atoms with Gasteiger partial charge in [-0.05, 0) is 18.2 Å². The molecule has 0 aliphatic heterocycles. The van der Waals surface area contributed by atoms with Crippen molar-refractivity contribution >= 4 is 22.9 Å². The zero-order valence-electron chi connectivity index (χ0n) is 13.1. The SMILES string of the molecule is CCNC(Cc1nc(C(C)(C)C)cs1)c1ccccc1Cl. The van der Waals surface area contributed by atoms with Gasteiger partial charge in [0.25, 0.3) is 0 Å². The zero-order chi connectivity index (χ0) is 15.5. The van der Waals surface area contributed by atoms with Gasteiger partial charge < -0.3 is 5.32 Å². The van der Waals surface area contributed by atoms with Gasteiger partial charge in [0.15, 0.2) is 0 Å². The largest absolute Gasteiger partial charge is 0.310 e. The van der Waals surface area contributed by atoms with Crippen molar-refractivity contribution in [3.8, 4) is 0 Å². The third-order valence-electron chi connectivity index (χ3n) is 3.43. The van der Waals surface area contributed by atoms with E-state index in [9.17, 15) is 0 Å². The molecule has 0 aliphatic rings. The van der Waals surface area contributed by atoms with Gasteiger partial charge in [0.05, 0.1) is 10.7 Å². The third-order valence-corrected chi connectivity index (χ3v) is 4.65. The maximum absolute atomic E-state index is 6.34. The van der Waals surface area contributed by atoms with Crippen molar-refractivity contribution < 1.29 is 0 Å². The fraction of sp³-hybridized carbons (Fsp3) is 0.471. The van der Waals surface area contributed by atoms with E-state index in [0.717, 1.165) is 34.3 Å². The third kappa shape index (κ3) is 4.29. The van der Waals surface area contributed by atoms with Crippen molar-refractivity contribution in [2.24, 2.45) is 0 Å². The Morgan fingerprint density at radius 1 is 1.29 bits per heavy atom. The molecule has 114 valence electrons. The molecule has 0 saturated heterocycles. The van der Waals surface area contributed by atoms with E-state index < -0.39 is 0 Å². The van der Waals surface area contributed by atoms with Crippen molar-refractivity contribution in [3.63, 3.8) is 0 Å². The second-order valence-corrected chi connectivity index (χ2v) is 7.56. The van der Waals surface area contributed by atoms with Crippen molar-refractivity contribution in [1.29, 1.82) is 0 Å². The van der Waals surface area contributed by atoms with Gasteiger partial charge in [-0.25, -0.2) is 4.98 Å². The summed E-state index contributed by atoms with van der Waals surface area (Å²) >= 11 is 8.08. The van der Waals surface area contributed by atoms with Gasteiger partial charge in [-0.3, -0.25) is 0 Å². The molecule has 1 unspecified atom stereocenters. The Hall–Kier alpha value is -0.900. The van der Waals surface area contributed by atoms with Crippen LogP contribution in [0.15, 0.2) is 29.6 Å². The predicted molar refractivity (Wildman–Crippen MR) is 92.4 cm³/mol. The van der Waals surface area contributed by atoms with E-state index in [1.165, 1.54) is 0 Å². The number of benzene rings is 1. The molecule has 2 aromatic rings. The summed E-state index contributed by atoms with van der Waals surface area (Å²) in [5, 5.41) is 7.66. The zero-order valence-corrected chi connectivity index (χ0v) is 14.7. The topological polar surface area (TPSA) is 24.9 Å². The molecule has 1 heterocycles. The van der Waals surface area contributed by atoms with Gasteiger partial charge in [-0.1, -0.05) is 57.5 Å². The van der Waals surface area contributed by atoms with Crippen LogP contribution in [-0.2, 0) is 11.8 Å². The number of hydrogen-bond donors (Lipinski definition) is 1. The normalized spacial score (nSPS) is 13.4. The van der Waals surface area contributed by atoms with Crippen molar-refractivity contribution in [2.45, 2.75) is 45.6 Å². The van der Waals surface area contributed by atoms with Crippen LogP contribution in [0.1, 0.15) is 50.0 Å². The van der Waals surface area contributed by atoms with E-state index in [-0.39, 0.29) is 11.5 Å². The Morgan fingerprint density at radius 3 is 2.57 bits per heavy atom. The van der Waals surface area contributed by atoms with Crippen LogP contribution >= 0.6 is 22.9 Å². The lowest BCUT2D eigenvalue weighted by atomic mass is 9.93. The number of nitrogens with one attached hydrogen (secondary N) is 1. The molecule has 1 aromatic carbocycles. The van der Waals surface area contributed by atoms with Crippen LogP contribution in [0.4, 0.5) is 0 Å². The first kappa shape index (κ1) is 16.5. The van der Waals surface area contributed by atoms with E-state index in [0.29, 0.717) is 0 Å². The molecule has 0 fully saturated rings. The molecule has 0 aliphatic carbocycles. The van der Waals surface area contributed by atoms with Crippen LogP contribution in [0, 0.1) is 0 Å². The number of halogens is 1. The minimum Gasteiger partial charge on any atom is -0.310 e. The summed E-state index contributed by atoms with van der Waals surface area (Å²) in [6, 6.07) is 8.25. The Morgan fingerprint density at radius 2 is 2.00 bits per heavy atom. The van der Waals surface area contributed by atoms with Gasteiger partial charge in [0.1, 0.15) is 0 Å². The van der Waals surface area contributed by atoms with Gasteiger partial charge in [-0.2, -0.15) is 0 Å². The van der Waals surface area contributed by atoms with E-state index in [2.05, 4.69) is 44.5 Å². The average molecular weight is 323 g/mol. The first-order valence-corrected chi connectivity index (χ1v) is 8.60. The highest BCUT2D eigenvalue weighted by Crippen LogP contribution is 2.29. The van der Waals surface area contributed by atoms with Crippen molar-refractivity contribution in [1.82, 2.24) is 10.3 Å². The van der Waals surface area contributed by atoms with Gasteiger partial charge in [0.2, 0.25) is 0 Å². The maximum atomic E-state index is 6.34. The monoisotopic (exact) mass is 322 g/mol. The standard InChI is InChI=1S/C17H23ClN2S/c1-5-19-14(12-8-6-7-9-13(12)18)10-16-20-15(11-21-16)17(2,3)4/h6-9,11,14,19H,5,10H2,1-4H3. The molecule has 0 saturated carbocycles. The Labute approximate surface area is 136 Å². The van der Waals surface area contributed by atoms with Crippen LogP contribution in [-0.4, -0.2) is 11.5 Å². The summed E-state index contributed by atoms with van der Waals surface area (Å²) < 4.78 is 0. The summed E-state index contributed by atoms with van der Waals surface area (Å²) in [5.74, 6) is 0. The van der Waals surface area contributed by atoms with Crippen LogP contribution in [0.2, 0.25) is 5.02 Å². The number of nitrogens with zero attached hydrogens (tertiary/aromatic N) is 1. The van der Waals surface area contributed by atoms with Gasteiger partial charge >= 0.3 is 0 Å². The minimum atomic E-state index is 0.104. The Kier molecular flexibility index (Phi) is 5.42. The molecule has 2 rings (SSSR count). The number of rotatable bonds is 5. The molecule has 0 radical (unpaired) electrons. The molecular formula is C17H23ClN2S. The second kappa shape index (κ2) is 6.91. The molecule has 0 spiro atoms. The summed E-state index contributed by atoms with van der Waals surface area (Å²) in [4.78, 5) is 4.79. The highest BCUT2D eigenvalue weighted by atomic mass is 35.5. The van der Waals surface area contributed by atoms with Crippen LogP contribution in [0.25, 0.3) is 0 Å². The first-order chi connectivity index (χ1) is 9.91. The van der Waals surface area contributed by atoms with Crippen LogP contribution in [0.5, 0.6) is 0 Å². The minimum absolute atomic E-state index is 0.104. The Balaban J connectivity index is 2.21. The molecule has 0 amide bonds. The lowest BCUT2D eigenvalue weighted by Gasteiger charge is -2.19. The Bertz CT molecular complexity index is 586. The molecular weight excluding hydrogens is 300 g/mol. The smallest absolute Gasteiger partial charge is 0.0947 e. The van der Waals surface area contributed by atoms with E-state index in [1.807, 2.05) is 18.2 Å². The lowest BCUT2D eigenvalue weighted by Crippen LogP contribution is -2.23. The van der Waals surface area contributed by atoms with Crippen molar-refractivity contribution in [3.05, 3.63) is 50.9 Å². The predicted octanol–water partition coefficient (Wildman–Crippen LogP) is 4.99. The molecule has 2 nitrogen and oxygen atoms in total. The van der Waals surface area contributed by atoms with E-state index in [1.54, 1.807) is 11.3 Å². The van der Waals surface area contributed by atoms with E-state index >= 15 is 0 Å². The highest BCUT2D eigenvalue weighted by molar-refractivity contribution is 7.09. The number of thiazole rings is 1. The summed E-state index contributed by atoms with van der Waals surface area (Å²) in [5.41, 5.74) is 2.41. The number of hydrogen-bond acceptors (Lipinski definition) is 3. The maximum Gasteiger partial charge on any atom is 0.0947 e. The molecule has 1 aromatic heterocycles. The van der Waals surface area contributed by atoms with Gasteiger partial charge in [-0.15, -0.1) is 11.3 Å². The average Bonchev–Trinajstić information content (AvgIpc) is 2.87. The summed E-state index contributed by atoms with van der Waals surface area (Å²) in [6.07, 6.45) is 0.873. The molecule has 1 atom stereocenters. The molecule has 21 heavy (non-hydrogen) atoms. The molecule has 4 heteroatoms. The fourth-order valence-corrected chi connectivity index (χ4v) is 3.56. The summed E-state index contributed by atoms with van der Waals surface area (Å²) in [6.45, 7) is 9.62. The fourth-order valence-electron chi connectivity index (χ4n) is 2.22. The first-order valence-electron chi connectivity index (χ1n) is 7.34. The molecule has 1 N–H and O–H groups in total. The van der Waals surface area contributed by atoms with Crippen LogP contribution < -0.4 is 5.32 Å². The number of likely N-dealkylation sites (N-methyl/N-ethyl adjacent to an activating group) is 1. The molecule has 0 bridgehead atoms. The lowest BCUT2D eigenvalue weighted by molar-refractivity contribution is 0.540.